The van der Waals surface area contributed by atoms with Crippen LogP contribution in [0.1, 0.15) is 101 Å². The summed E-state index contributed by atoms with van der Waals surface area (Å²) in [7, 11) is 2.74. The quantitative estimate of drug-likeness (QED) is 0.0597. The van der Waals surface area contributed by atoms with E-state index in [1.165, 1.54) is 32.4 Å². The molecule has 0 radical (unpaired) electrons. The number of carbonyl (C=O) groups is 5. The van der Waals surface area contributed by atoms with E-state index in [0.717, 1.165) is 12.8 Å². The number of nitrogens with one attached hydrogen (secondary N) is 2. The number of methoxy groups -OCH3 is 2. The lowest BCUT2D eigenvalue weighted by molar-refractivity contribution is 0.0189. The fourth-order valence-corrected chi connectivity index (χ4v) is 8.17. The van der Waals surface area contributed by atoms with Crippen molar-refractivity contribution in [3.63, 3.8) is 0 Å². The van der Waals surface area contributed by atoms with Crippen LogP contribution in [0.2, 0.25) is 0 Å². The number of likely N-dealkylation sites (tertiary alicyclic amines) is 1. The second kappa shape index (κ2) is 21.0. The molecule has 4 amide bonds. The minimum absolute atomic E-state index is 0.0851. The average molecular weight is 959 g/mol. The summed E-state index contributed by atoms with van der Waals surface area (Å²) >= 11 is 0. The number of imidazole rings is 2. The highest BCUT2D eigenvalue weighted by atomic mass is 16.6. The molecule has 70 heavy (non-hydrogen) atoms. The topological polar surface area (TPSA) is 247 Å². The van der Waals surface area contributed by atoms with E-state index in [2.05, 4.69) is 32.7 Å². The Morgan fingerprint density at radius 1 is 0.800 bits per heavy atom. The van der Waals surface area contributed by atoms with Crippen molar-refractivity contribution in [1.82, 2.24) is 43.6 Å². The Balaban J connectivity index is 1.24. The van der Waals surface area contributed by atoms with Gasteiger partial charge in [-0.25, -0.2) is 19.6 Å². The number of rotatable bonds is 15. The second-order valence-electron chi connectivity index (χ2n) is 17.6. The lowest BCUT2D eigenvalue weighted by Crippen LogP contribution is -2.42. The normalized spacial score (nSPS) is 13.8. The smallest absolute Gasteiger partial charge is 0.410 e. The Morgan fingerprint density at radius 2 is 1.34 bits per heavy atom. The highest BCUT2D eigenvalue weighted by Gasteiger charge is 2.28. The summed E-state index contributed by atoms with van der Waals surface area (Å²) < 4.78 is 29.3. The van der Waals surface area contributed by atoms with Gasteiger partial charge in [-0.05, 0) is 97.7 Å². The van der Waals surface area contributed by atoms with Gasteiger partial charge in [0.1, 0.15) is 46.1 Å². The third-order valence-electron chi connectivity index (χ3n) is 11.3. The Bertz CT molecular complexity index is 3080. The molecular weight excluding hydrogens is 901 g/mol. The van der Waals surface area contributed by atoms with Gasteiger partial charge in [0.2, 0.25) is 17.8 Å². The summed E-state index contributed by atoms with van der Waals surface area (Å²) in [5.41, 5.74) is 9.05. The molecule has 21 heteroatoms. The summed E-state index contributed by atoms with van der Waals surface area (Å²) in [5.74, 6) is 4.82. The van der Waals surface area contributed by atoms with Gasteiger partial charge in [0, 0.05) is 50.7 Å². The van der Waals surface area contributed by atoms with Gasteiger partial charge in [-0.2, -0.15) is 10.2 Å². The molecular formula is C49H58N12O9. The average Bonchev–Trinajstić information content (AvgIpc) is 4.09. The minimum atomic E-state index is -0.719. The predicted octanol–water partition coefficient (Wildman–Crippen LogP) is 6.12. The lowest BCUT2D eigenvalue weighted by Gasteiger charge is -2.32. The Morgan fingerprint density at radius 3 is 1.86 bits per heavy atom. The van der Waals surface area contributed by atoms with E-state index in [-0.39, 0.29) is 60.5 Å². The highest BCUT2D eigenvalue weighted by Crippen LogP contribution is 2.33. The molecule has 4 aromatic heterocycles. The number of nitrogens with two attached hydrogens (primary N) is 1. The molecule has 1 aliphatic rings. The van der Waals surface area contributed by atoms with Crippen molar-refractivity contribution in [2.24, 2.45) is 11.7 Å². The van der Waals surface area contributed by atoms with Gasteiger partial charge in [-0.15, -0.1) is 0 Å². The molecule has 368 valence electrons. The molecule has 5 heterocycles. The zero-order valence-electron chi connectivity index (χ0n) is 40.8. The van der Waals surface area contributed by atoms with Gasteiger partial charge >= 0.3 is 12.1 Å². The highest BCUT2D eigenvalue weighted by molar-refractivity contribution is 6.05. The summed E-state index contributed by atoms with van der Waals surface area (Å²) in [6.45, 7) is 14.9. The number of benzene rings is 2. The molecule has 0 aliphatic carbocycles. The van der Waals surface area contributed by atoms with Gasteiger partial charge in [0.05, 0.1) is 42.2 Å². The van der Waals surface area contributed by atoms with Crippen LogP contribution < -0.4 is 25.8 Å². The first kappa shape index (κ1) is 49.7. The number of ether oxygens (including phenoxy) is 4. The van der Waals surface area contributed by atoms with Crippen LogP contribution in [0.4, 0.5) is 16.7 Å². The standard InChI is InChI=1S/C49H58N12O9/c1-10-60-36(22-29(3)55-60)43(63)53-46-52-35-25-33(45(65)68-9)27-38(67-8)40(35)58(46)19-12-13-20-59-41-34(51-47(59)54-44(64)37-23-30(4)56-61(37)11-2)24-32(42(50)62)26-39(41)69-21-15-17-31-16-14-18-57(28-31)48(66)70-49(5,6)7/h12-13,22-27,31H,10-11,14,16,18-21,28H2,1-9H3,(H2,50,62)(H,51,54,64)(H,52,53,63)/b13-12+. The van der Waals surface area contributed by atoms with E-state index >= 15 is 0 Å². The predicted molar refractivity (Wildman–Crippen MR) is 260 cm³/mol. The van der Waals surface area contributed by atoms with E-state index in [1.807, 2.05) is 46.8 Å². The first-order valence-corrected chi connectivity index (χ1v) is 22.9. The molecule has 7 rings (SSSR count). The molecule has 1 aliphatic heterocycles. The number of amides is 4. The summed E-state index contributed by atoms with van der Waals surface area (Å²) in [4.78, 5) is 77.0. The second-order valence-corrected chi connectivity index (χ2v) is 17.6. The van der Waals surface area contributed by atoms with Crippen molar-refractivity contribution in [3.8, 4) is 23.3 Å². The van der Waals surface area contributed by atoms with Crippen LogP contribution in [0.5, 0.6) is 11.5 Å². The van der Waals surface area contributed by atoms with Crippen LogP contribution in [0.25, 0.3) is 22.1 Å². The Labute approximate surface area is 404 Å². The molecule has 2 aromatic carbocycles. The van der Waals surface area contributed by atoms with Crippen molar-refractivity contribution in [2.75, 3.05) is 44.5 Å². The van der Waals surface area contributed by atoms with Crippen molar-refractivity contribution < 1.29 is 42.9 Å². The zero-order chi connectivity index (χ0) is 50.4. The minimum Gasteiger partial charge on any atom is -0.494 e. The third-order valence-corrected chi connectivity index (χ3v) is 11.3. The van der Waals surface area contributed by atoms with Crippen LogP contribution in [0, 0.1) is 31.6 Å². The summed E-state index contributed by atoms with van der Waals surface area (Å²) in [6.07, 6.45) is 4.83. The fraction of sp³-hybridized carbons (Fsp3) is 0.408. The van der Waals surface area contributed by atoms with Crippen molar-refractivity contribution >= 4 is 63.7 Å². The molecule has 21 nitrogen and oxygen atoms in total. The van der Waals surface area contributed by atoms with Crippen LogP contribution in [0.15, 0.2) is 48.6 Å². The number of hydrogen-bond acceptors (Lipinski definition) is 13. The maximum Gasteiger partial charge on any atom is 0.410 e. The number of anilines is 2. The third kappa shape index (κ3) is 11.1. The monoisotopic (exact) mass is 958 g/mol. The molecule has 1 atom stereocenters. The lowest BCUT2D eigenvalue weighted by atomic mass is 9.99. The number of primary amides is 1. The first-order valence-electron chi connectivity index (χ1n) is 22.9. The molecule has 4 N–H and O–H groups in total. The summed E-state index contributed by atoms with van der Waals surface area (Å²) in [6, 6.07) is 9.48. The van der Waals surface area contributed by atoms with Gasteiger partial charge in [0.25, 0.3) is 11.8 Å². The first-order chi connectivity index (χ1) is 33.4. The van der Waals surface area contributed by atoms with Crippen molar-refractivity contribution in [1.29, 1.82) is 0 Å². The molecule has 0 bridgehead atoms. The van der Waals surface area contributed by atoms with E-state index < -0.39 is 29.3 Å². The van der Waals surface area contributed by atoms with Crippen LogP contribution >= 0.6 is 0 Å². The zero-order valence-corrected chi connectivity index (χ0v) is 40.8. The SMILES string of the molecule is CCn1nc(C)cc1C(=O)Nc1nc2cc(C(=O)OC)cc(OC)c2n1C/C=C/Cn1c(NC(=O)c2cc(C)nn2CC)nc2cc(C(N)=O)cc(OCC#CC3CCCN(C(=O)OC(C)(C)C)C3)c21. The van der Waals surface area contributed by atoms with Gasteiger partial charge in [0.15, 0.2) is 0 Å². The van der Waals surface area contributed by atoms with Crippen LogP contribution in [-0.4, -0.2) is 113 Å². The number of aromatic nitrogens is 8. The number of hydrogen-bond donors (Lipinski definition) is 3. The Hall–Kier alpha value is -8.15. The van der Waals surface area contributed by atoms with Crippen molar-refractivity contribution in [2.45, 2.75) is 93.1 Å². The molecule has 6 aromatic rings. The molecule has 1 unspecified atom stereocenters. The van der Waals surface area contributed by atoms with E-state index in [9.17, 15) is 24.0 Å². The Kier molecular flexibility index (Phi) is 14.9. The molecule has 1 fully saturated rings. The van der Waals surface area contributed by atoms with Crippen LogP contribution in [-0.2, 0) is 35.7 Å². The van der Waals surface area contributed by atoms with Gasteiger partial charge in [-0.1, -0.05) is 24.0 Å². The number of esters is 1. The molecule has 0 spiro atoms. The maximum atomic E-state index is 13.9. The number of carbonyl (C=O) groups excluding carboxylic acids is 5. The van der Waals surface area contributed by atoms with Gasteiger partial charge < -0.3 is 38.7 Å². The fourth-order valence-electron chi connectivity index (χ4n) is 8.17. The number of nitrogens with zero attached hydrogens (tertiary/aromatic N) is 9. The van der Waals surface area contributed by atoms with E-state index in [0.29, 0.717) is 76.8 Å². The number of allylic oxidation sites excluding steroid dienone is 2. The molecule has 0 saturated carbocycles. The molecule has 1 saturated heterocycles. The largest absolute Gasteiger partial charge is 0.494 e. The number of fused-ring (bicyclic) bond motifs is 2. The van der Waals surface area contributed by atoms with E-state index in [4.69, 9.17) is 34.6 Å². The summed E-state index contributed by atoms with van der Waals surface area (Å²) in [5, 5.41) is 14.7. The maximum absolute atomic E-state index is 13.9. The number of piperidine rings is 1. The van der Waals surface area contributed by atoms with E-state index in [1.54, 1.807) is 55.4 Å². The van der Waals surface area contributed by atoms with Crippen molar-refractivity contribution in [3.05, 3.63) is 82.5 Å². The number of aryl methyl sites for hydroxylation is 4. The van der Waals surface area contributed by atoms with Gasteiger partial charge in [-0.3, -0.25) is 34.4 Å². The van der Waals surface area contributed by atoms with Crippen LogP contribution in [0.3, 0.4) is 0 Å².